The molecule has 0 aliphatic rings. The zero-order valence-electron chi connectivity index (χ0n) is 17.7. The zero-order valence-corrected chi connectivity index (χ0v) is 17.7. The Morgan fingerprint density at radius 1 is 1.14 bits per heavy atom. The minimum absolute atomic E-state index is 0.212. The lowest BCUT2D eigenvalue weighted by molar-refractivity contribution is -0.147. The molecule has 1 rings (SSSR count). The van der Waals surface area contributed by atoms with Crippen LogP contribution in [0.4, 0.5) is 5.69 Å². The molecule has 1 aromatic carbocycles. The van der Waals surface area contributed by atoms with Crippen molar-refractivity contribution in [3.63, 3.8) is 0 Å². The molecule has 2 amide bonds. The third-order valence-corrected chi connectivity index (χ3v) is 4.30. The van der Waals surface area contributed by atoms with Gasteiger partial charge in [0, 0.05) is 11.5 Å². The van der Waals surface area contributed by atoms with Crippen molar-refractivity contribution in [2.45, 2.75) is 48.0 Å². The van der Waals surface area contributed by atoms with Gasteiger partial charge in [-0.1, -0.05) is 43.2 Å². The first-order valence-electron chi connectivity index (χ1n) is 9.55. The molecule has 0 saturated carbocycles. The molecule has 1 aromatic rings. The average molecular weight is 386 g/mol. The monoisotopic (exact) mass is 385 g/mol. The number of ether oxygens (including phenoxy) is 1. The van der Waals surface area contributed by atoms with E-state index in [0.29, 0.717) is 11.3 Å². The summed E-state index contributed by atoms with van der Waals surface area (Å²) in [6, 6.07) is 7.17. The molecule has 0 spiro atoms. The predicted molar refractivity (Wildman–Crippen MR) is 112 cm³/mol. The highest BCUT2D eigenvalue weighted by molar-refractivity contribution is 6.22. The van der Waals surface area contributed by atoms with Gasteiger partial charge in [0.2, 0.25) is 5.91 Å². The average Bonchev–Trinajstić information content (AvgIpc) is 2.62. The molecular weight excluding hydrogens is 354 g/mol. The van der Waals surface area contributed by atoms with E-state index < -0.39 is 17.8 Å². The van der Waals surface area contributed by atoms with Crippen molar-refractivity contribution in [2.24, 2.45) is 11.8 Å². The number of nitrogens with zero attached hydrogens (tertiary/aromatic N) is 1. The number of aryl methyl sites for hydroxylation is 1. The van der Waals surface area contributed by atoms with Crippen LogP contribution in [-0.4, -0.2) is 24.4 Å². The molecule has 0 aliphatic carbocycles. The van der Waals surface area contributed by atoms with Gasteiger partial charge in [0.15, 0.2) is 0 Å². The lowest BCUT2D eigenvalue weighted by Crippen LogP contribution is -2.43. The van der Waals surface area contributed by atoms with E-state index in [-0.39, 0.29) is 30.4 Å². The molecular formula is C23H31NO4. The van der Waals surface area contributed by atoms with Crippen LogP contribution in [0, 0.1) is 18.8 Å². The van der Waals surface area contributed by atoms with E-state index in [1.165, 1.54) is 4.90 Å². The highest BCUT2D eigenvalue weighted by atomic mass is 16.5. The standard InChI is InChI=1S/C23H31NO4/c1-8-10-19(23(27)28-9-2)20(15(3)4)22(26)24(21(25)16(5)6)18-13-11-17(7)12-14-18/h8,11-14,16,19H,1,9-10H2,2-7H3. The molecule has 5 nitrogen and oxygen atoms in total. The molecule has 0 radical (unpaired) electrons. The molecule has 0 bridgehead atoms. The molecule has 152 valence electrons. The number of imide groups is 1. The zero-order chi connectivity index (χ0) is 21.4. The first-order valence-corrected chi connectivity index (χ1v) is 9.55. The molecule has 28 heavy (non-hydrogen) atoms. The number of allylic oxidation sites excluding steroid dienone is 2. The summed E-state index contributed by atoms with van der Waals surface area (Å²) < 4.78 is 5.17. The SMILES string of the molecule is C=CCC(C(=O)OCC)C(C(=O)N(C(=O)C(C)C)c1ccc(C)cc1)=C(C)C. The lowest BCUT2D eigenvalue weighted by atomic mass is 9.90. The van der Waals surface area contributed by atoms with E-state index in [2.05, 4.69) is 6.58 Å². The van der Waals surface area contributed by atoms with Crippen LogP contribution in [0.5, 0.6) is 0 Å². The van der Waals surface area contributed by atoms with Gasteiger partial charge in [0.1, 0.15) is 0 Å². The quantitative estimate of drug-likeness (QED) is 0.373. The van der Waals surface area contributed by atoms with Crippen LogP contribution in [0.15, 0.2) is 48.1 Å². The van der Waals surface area contributed by atoms with Crippen molar-refractivity contribution in [3.05, 3.63) is 53.6 Å². The fourth-order valence-corrected chi connectivity index (χ4v) is 2.87. The van der Waals surface area contributed by atoms with Crippen molar-refractivity contribution in [3.8, 4) is 0 Å². The van der Waals surface area contributed by atoms with Gasteiger partial charge in [-0.25, -0.2) is 4.90 Å². The molecule has 0 aliphatic heterocycles. The van der Waals surface area contributed by atoms with Gasteiger partial charge in [-0.2, -0.15) is 0 Å². The van der Waals surface area contributed by atoms with Gasteiger partial charge in [-0.05, 0) is 46.2 Å². The number of hydrogen-bond acceptors (Lipinski definition) is 4. The topological polar surface area (TPSA) is 63.7 Å². The Labute approximate surface area is 168 Å². The molecule has 0 fully saturated rings. The van der Waals surface area contributed by atoms with Crippen molar-refractivity contribution >= 4 is 23.5 Å². The number of hydrogen-bond donors (Lipinski definition) is 0. The van der Waals surface area contributed by atoms with Crippen LogP contribution in [0.3, 0.4) is 0 Å². The predicted octanol–water partition coefficient (Wildman–Crippen LogP) is 4.60. The van der Waals surface area contributed by atoms with Crippen LogP contribution < -0.4 is 4.90 Å². The second-order valence-corrected chi connectivity index (χ2v) is 7.21. The van der Waals surface area contributed by atoms with Gasteiger partial charge in [-0.3, -0.25) is 14.4 Å². The van der Waals surface area contributed by atoms with Gasteiger partial charge < -0.3 is 4.74 Å². The van der Waals surface area contributed by atoms with Crippen molar-refractivity contribution in [1.82, 2.24) is 0 Å². The maximum absolute atomic E-state index is 13.5. The summed E-state index contributed by atoms with van der Waals surface area (Å²) in [6.45, 7) is 14.6. The summed E-state index contributed by atoms with van der Waals surface area (Å²) in [5, 5.41) is 0. The van der Waals surface area contributed by atoms with Crippen LogP contribution in [0.1, 0.15) is 46.6 Å². The number of benzene rings is 1. The largest absolute Gasteiger partial charge is 0.466 e. The summed E-state index contributed by atoms with van der Waals surface area (Å²) in [5.74, 6) is -2.50. The van der Waals surface area contributed by atoms with E-state index in [1.807, 2.05) is 19.1 Å². The Hall–Kier alpha value is -2.69. The number of anilines is 1. The second-order valence-electron chi connectivity index (χ2n) is 7.21. The Morgan fingerprint density at radius 3 is 2.14 bits per heavy atom. The maximum atomic E-state index is 13.5. The van der Waals surface area contributed by atoms with Crippen molar-refractivity contribution in [2.75, 3.05) is 11.5 Å². The highest BCUT2D eigenvalue weighted by Gasteiger charge is 2.35. The molecule has 1 unspecified atom stereocenters. The van der Waals surface area contributed by atoms with E-state index in [0.717, 1.165) is 5.56 Å². The highest BCUT2D eigenvalue weighted by Crippen LogP contribution is 2.28. The molecule has 0 aromatic heterocycles. The van der Waals surface area contributed by atoms with E-state index in [1.54, 1.807) is 52.8 Å². The molecule has 0 N–H and O–H groups in total. The van der Waals surface area contributed by atoms with Crippen LogP contribution in [0.2, 0.25) is 0 Å². The summed E-state index contributed by atoms with van der Waals surface area (Å²) in [5.41, 5.74) is 2.44. The summed E-state index contributed by atoms with van der Waals surface area (Å²) in [7, 11) is 0. The molecule has 0 heterocycles. The summed E-state index contributed by atoms with van der Waals surface area (Å²) in [6.07, 6.45) is 1.83. The number of carbonyl (C=O) groups is 3. The van der Waals surface area contributed by atoms with E-state index in [4.69, 9.17) is 4.74 Å². The van der Waals surface area contributed by atoms with Crippen molar-refractivity contribution in [1.29, 1.82) is 0 Å². The number of esters is 1. The van der Waals surface area contributed by atoms with Crippen molar-refractivity contribution < 1.29 is 19.1 Å². The van der Waals surface area contributed by atoms with Crippen LogP contribution >= 0.6 is 0 Å². The number of amides is 2. The number of carbonyl (C=O) groups excluding carboxylic acids is 3. The minimum atomic E-state index is -0.803. The number of rotatable bonds is 8. The smallest absolute Gasteiger partial charge is 0.313 e. The minimum Gasteiger partial charge on any atom is -0.466 e. The van der Waals surface area contributed by atoms with Gasteiger partial charge in [0.25, 0.3) is 5.91 Å². The van der Waals surface area contributed by atoms with E-state index in [9.17, 15) is 14.4 Å². The normalized spacial score (nSPS) is 11.5. The third-order valence-electron chi connectivity index (χ3n) is 4.30. The summed E-state index contributed by atoms with van der Waals surface area (Å²) in [4.78, 5) is 40.2. The summed E-state index contributed by atoms with van der Waals surface area (Å²) >= 11 is 0. The third kappa shape index (κ3) is 5.65. The first-order chi connectivity index (χ1) is 13.1. The van der Waals surface area contributed by atoms with Crippen LogP contribution in [0.25, 0.3) is 0 Å². The lowest BCUT2D eigenvalue weighted by Gasteiger charge is -2.27. The Balaban J connectivity index is 3.52. The first kappa shape index (κ1) is 23.3. The second kappa shape index (κ2) is 10.6. The van der Waals surface area contributed by atoms with Gasteiger partial charge >= 0.3 is 5.97 Å². The maximum Gasteiger partial charge on any atom is 0.313 e. The Bertz CT molecular complexity index is 755. The van der Waals surface area contributed by atoms with Gasteiger partial charge in [-0.15, -0.1) is 6.58 Å². The van der Waals surface area contributed by atoms with Crippen LogP contribution in [-0.2, 0) is 19.1 Å². The fourth-order valence-electron chi connectivity index (χ4n) is 2.87. The molecule has 5 heteroatoms. The Kier molecular flexibility index (Phi) is 8.83. The fraction of sp³-hybridized carbons (Fsp3) is 0.435. The Morgan fingerprint density at radius 2 is 1.71 bits per heavy atom. The van der Waals surface area contributed by atoms with E-state index >= 15 is 0 Å². The molecule has 1 atom stereocenters. The molecule has 0 saturated heterocycles. The van der Waals surface area contributed by atoms with Gasteiger partial charge in [0.05, 0.1) is 18.2 Å².